The molecule has 4 aromatic rings. The van der Waals surface area contributed by atoms with E-state index in [1.54, 1.807) is 6.21 Å². The highest BCUT2D eigenvalue weighted by molar-refractivity contribution is 5.98. The molecule has 11 heteroatoms. The van der Waals surface area contributed by atoms with Crippen molar-refractivity contribution in [3.63, 3.8) is 0 Å². The molecule has 0 spiro atoms. The zero-order valence-electron chi connectivity index (χ0n) is 17.7. The Kier molecular flexibility index (Phi) is 5.62. The topological polar surface area (TPSA) is 140 Å². The molecule has 0 saturated carbocycles. The highest BCUT2D eigenvalue weighted by Crippen LogP contribution is 2.26. The van der Waals surface area contributed by atoms with Gasteiger partial charge in [-0.1, -0.05) is 47.2 Å². The number of anilines is 2. The molecular formula is C21H21N9O2. The van der Waals surface area contributed by atoms with Gasteiger partial charge in [-0.15, -0.1) is 5.10 Å². The molecule has 1 amide bonds. The minimum atomic E-state index is -0.539. The largest absolute Gasteiger partial charge is 0.378 e. The highest BCUT2D eigenvalue weighted by atomic mass is 16.6. The zero-order valence-corrected chi connectivity index (χ0v) is 17.7. The third-order valence-corrected chi connectivity index (χ3v) is 4.70. The van der Waals surface area contributed by atoms with Crippen LogP contribution in [-0.2, 0) is 0 Å². The minimum Gasteiger partial charge on any atom is -0.378 e. The molecule has 11 nitrogen and oxygen atoms in total. The van der Waals surface area contributed by atoms with Gasteiger partial charge in [0, 0.05) is 25.3 Å². The molecule has 0 saturated heterocycles. The summed E-state index contributed by atoms with van der Waals surface area (Å²) in [7, 11) is 3.93. The second kappa shape index (κ2) is 8.68. The summed E-state index contributed by atoms with van der Waals surface area (Å²) in [6, 6.07) is 15.2. The number of nitrogens with two attached hydrogens (primary N) is 1. The molecule has 2 heterocycles. The van der Waals surface area contributed by atoms with Gasteiger partial charge in [0.05, 0.1) is 6.21 Å². The van der Waals surface area contributed by atoms with Crippen molar-refractivity contribution in [1.82, 2.24) is 30.7 Å². The Morgan fingerprint density at radius 1 is 1.12 bits per heavy atom. The number of carbonyl (C=O) groups excluding carboxylic acids is 1. The molecule has 0 unspecified atom stereocenters. The molecule has 0 aliphatic rings. The predicted octanol–water partition coefficient (Wildman–Crippen LogP) is 2.04. The van der Waals surface area contributed by atoms with Crippen LogP contribution in [0.2, 0.25) is 0 Å². The van der Waals surface area contributed by atoms with Crippen LogP contribution in [0, 0.1) is 6.92 Å². The average Bonchev–Trinajstić information content (AvgIpc) is 3.40. The third-order valence-electron chi connectivity index (χ3n) is 4.70. The van der Waals surface area contributed by atoms with Crippen LogP contribution in [0.25, 0.3) is 17.1 Å². The van der Waals surface area contributed by atoms with Gasteiger partial charge in [0.2, 0.25) is 11.6 Å². The lowest BCUT2D eigenvalue weighted by Gasteiger charge is -2.11. The molecule has 0 aliphatic heterocycles. The third kappa shape index (κ3) is 4.17. The maximum Gasteiger partial charge on any atom is 0.294 e. The van der Waals surface area contributed by atoms with Gasteiger partial charge in [0.15, 0.2) is 5.69 Å². The zero-order chi connectivity index (χ0) is 22.7. The fourth-order valence-electron chi connectivity index (χ4n) is 2.97. The van der Waals surface area contributed by atoms with E-state index in [4.69, 9.17) is 5.73 Å². The van der Waals surface area contributed by atoms with Crippen LogP contribution in [-0.4, -0.2) is 51.5 Å². The molecule has 4 rings (SSSR count). The number of rotatable bonds is 6. The van der Waals surface area contributed by atoms with E-state index < -0.39 is 5.91 Å². The van der Waals surface area contributed by atoms with Crippen molar-refractivity contribution in [2.45, 2.75) is 6.92 Å². The van der Waals surface area contributed by atoms with E-state index in [1.165, 1.54) is 4.68 Å². The molecule has 162 valence electrons. The Hall–Kier alpha value is -4.54. The van der Waals surface area contributed by atoms with Gasteiger partial charge in [0.1, 0.15) is 5.69 Å². The number of carbonyl (C=O) groups is 1. The first-order chi connectivity index (χ1) is 15.4. The standard InChI is InChI=1S/C21H21N9O2/c1-13-4-8-15(9-5-13)18-17(24-28-30(18)20-19(22)26-32-27-20)21(31)25-23-12-14-6-10-16(11-7-14)29(2)3/h4-12H,1-3H3,(H2,22,26)(H,25,31)/b23-12-. The number of hydrazone groups is 1. The Morgan fingerprint density at radius 2 is 1.84 bits per heavy atom. The summed E-state index contributed by atoms with van der Waals surface area (Å²) in [5.74, 6) is -0.381. The second-order valence-corrected chi connectivity index (χ2v) is 7.22. The van der Waals surface area contributed by atoms with Crippen molar-refractivity contribution in [2.24, 2.45) is 5.10 Å². The van der Waals surface area contributed by atoms with Gasteiger partial charge in [-0.05, 0) is 34.9 Å². The summed E-state index contributed by atoms with van der Waals surface area (Å²) < 4.78 is 5.99. The lowest BCUT2D eigenvalue weighted by atomic mass is 10.1. The van der Waals surface area contributed by atoms with Crippen molar-refractivity contribution >= 4 is 23.6 Å². The Balaban J connectivity index is 1.62. The molecule has 2 aromatic carbocycles. The number of benzene rings is 2. The monoisotopic (exact) mass is 431 g/mol. The van der Waals surface area contributed by atoms with E-state index in [-0.39, 0.29) is 17.3 Å². The van der Waals surface area contributed by atoms with Crippen LogP contribution in [0.3, 0.4) is 0 Å². The molecular weight excluding hydrogens is 410 g/mol. The van der Waals surface area contributed by atoms with Crippen LogP contribution in [0.1, 0.15) is 21.6 Å². The number of hydrogen-bond acceptors (Lipinski definition) is 9. The van der Waals surface area contributed by atoms with Crippen molar-refractivity contribution in [1.29, 1.82) is 0 Å². The number of amides is 1. The van der Waals surface area contributed by atoms with Crippen molar-refractivity contribution < 1.29 is 9.42 Å². The fraction of sp³-hybridized carbons (Fsp3) is 0.143. The predicted molar refractivity (Wildman–Crippen MR) is 120 cm³/mol. The van der Waals surface area contributed by atoms with Gasteiger partial charge in [-0.25, -0.2) is 10.1 Å². The number of hydrogen-bond donors (Lipinski definition) is 2. The summed E-state index contributed by atoms with van der Waals surface area (Å²) >= 11 is 0. The normalized spacial score (nSPS) is 11.1. The van der Waals surface area contributed by atoms with Gasteiger partial charge < -0.3 is 10.6 Å². The average molecular weight is 431 g/mol. The summed E-state index contributed by atoms with van der Waals surface area (Å²) in [6.07, 6.45) is 1.55. The molecule has 0 aliphatic carbocycles. The summed E-state index contributed by atoms with van der Waals surface area (Å²) in [5.41, 5.74) is 12.4. The Bertz CT molecular complexity index is 1260. The quantitative estimate of drug-likeness (QED) is 0.349. The van der Waals surface area contributed by atoms with Crippen molar-refractivity contribution in [2.75, 3.05) is 24.7 Å². The van der Waals surface area contributed by atoms with E-state index in [1.807, 2.05) is 74.4 Å². The molecule has 3 N–H and O–H groups in total. The lowest BCUT2D eigenvalue weighted by molar-refractivity contribution is 0.0950. The second-order valence-electron chi connectivity index (χ2n) is 7.22. The van der Waals surface area contributed by atoms with Crippen LogP contribution in [0.15, 0.2) is 58.3 Å². The van der Waals surface area contributed by atoms with Crippen LogP contribution >= 0.6 is 0 Å². The van der Waals surface area contributed by atoms with Gasteiger partial charge >= 0.3 is 0 Å². The Morgan fingerprint density at radius 3 is 2.47 bits per heavy atom. The van der Waals surface area contributed by atoms with Crippen LogP contribution in [0.5, 0.6) is 0 Å². The maximum atomic E-state index is 12.9. The van der Waals surface area contributed by atoms with E-state index in [9.17, 15) is 4.79 Å². The van der Waals surface area contributed by atoms with E-state index in [0.29, 0.717) is 11.3 Å². The molecule has 0 radical (unpaired) electrons. The number of aromatic nitrogens is 5. The lowest BCUT2D eigenvalue weighted by Crippen LogP contribution is -2.19. The first-order valence-corrected chi connectivity index (χ1v) is 9.66. The Labute approximate surface area is 183 Å². The molecule has 32 heavy (non-hydrogen) atoms. The number of nitrogen functional groups attached to an aromatic ring is 1. The number of aryl methyl sites for hydroxylation is 1. The smallest absolute Gasteiger partial charge is 0.294 e. The van der Waals surface area contributed by atoms with E-state index in [0.717, 1.165) is 16.8 Å². The number of nitrogens with one attached hydrogen (secondary N) is 1. The van der Waals surface area contributed by atoms with Crippen LogP contribution in [0.4, 0.5) is 11.5 Å². The molecule has 2 aromatic heterocycles. The van der Waals surface area contributed by atoms with Gasteiger partial charge in [-0.3, -0.25) is 4.79 Å². The van der Waals surface area contributed by atoms with Crippen molar-refractivity contribution in [3.8, 4) is 17.1 Å². The summed E-state index contributed by atoms with van der Waals surface area (Å²) in [4.78, 5) is 14.9. The minimum absolute atomic E-state index is 0.0226. The summed E-state index contributed by atoms with van der Waals surface area (Å²) in [6.45, 7) is 1.96. The number of nitrogens with zero attached hydrogens (tertiary/aromatic N) is 7. The highest BCUT2D eigenvalue weighted by Gasteiger charge is 2.25. The van der Waals surface area contributed by atoms with E-state index in [2.05, 4.69) is 35.8 Å². The van der Waals surface area contributed by atoms with Gasteiger partial charge in [-0.2, -0.15) is 9.78 Å². The summed E-state index contributed by atoms with van der Waals surface area (Å²) in [5, 5.41) is 19.4. The molecule has 0 atom stereocenters. The molecule has 0 bridgehead atoms. The van der Waals surface area contributed by atoms with Crippen molar-refractivity contribution in [3.05, 3.63) is 65.4 Å². The molecule has 0 fully saturated rings. The first-order valence-electron chi connectivity index (χ1n) is 9.66. The maximum absolute atomic E-state index is 12.9. The SMILES string of the molecule is Cc1ccc(-c2c(C(=O)N/N=C\c3ccc(N(C)C)cc3)nnn2-c2nonc2N)cc1. The van der Waals surface area contributed by atoms with Gasteiger partial charge in [0.25, 0.3) is 5.91 Å². The van der Waals surface area contributed by atoms with Crippen LogP contribution < -0.4 is 16.1 Å². The first kappa shape index (κ1) is 20.7. The van der Waals surface area contributed by atoms with E-state index >= 15 is 0 Å². The fourth-order valence-corrected chi connectivity index (χ4v) is 2.97.